The van der Waals surface area contributed by atoms with Crippen LogP contribution in [0.2, 0.25) is 0 Å². The molecule has 2 aromatic rings. The summed E-state index contributed by atoms with van der Waals surface area (Å²) in [6.45, 7) is 1.03. The standard InChI is InChI=1S/C14H12F5N3O3/c1-3-11(23)22(24-2)6-8-9(15)4-7(5-10(8)16)12-20-13(25-21-12)14(17,18)19/h4-5H,3,6H2,1-2H3. The summed E-state index contributed by atoms with van der Waals surface area (Å²) in [6.07, 6.45) is -4.82. The molecule has 1 aromatic heterocycles. The van der Waals surface area contributed by atoms with Crippen LogP contribution in [0.4, 0.5) is 22.0 Å². The predicted molar refractivity (Wildman–Crippen MR) is 72.5 cm³/mol. The van der Waals surface area contributed by atoms with Crippen LogP contribution in [0.1, 0.15) is 24.8 Å². The summed E-state index contributed by atoms with van der Waals surface area (Å²) in [5.41, 5.74) is -0.837. The number of carbonyl (C=O) groups is 1. The second-order valence-corrected chi connectivity index (χ2v) is 4.81. The van der Waals surface area contributed by atoms with Gasteiger partial charge in [-0.3, -0.25) is 9.63 Å². The Labute approximate surface area is 138 Å². The first-order valence-corrected chi connectivity index (χ1v) is 6.91. The molecule has 25 heavy (non-hydrogen) atoms. The molecule has 136 valence electrons. The number of nitrogens with zero attached hydrogens (tertiary/aromatic N) is 3. The fraction of sp³-hybridized carbons (Fsp3) is 0.357. The van der Waals surface area contributed by atoms with Gasteiger partial charge in [0.25, 0.3) is 0 Å². The summed E-state index contributed by atoms with van der Waals surface area (Å²) in [4.78, 5) is 19.4. The molecule has 0 radical (unpaired) electrons. The number of hydrogen-bond donors (Lipinski definition) is 0. The van der Waals surface area contributed by atoms with Crippen molar-refractivity contribution in [1.29, 1.82) is 0 Å². The van der Waals surface area contributed by atoms with E-state index in [-0.39, 0.29) is 12.0 Å². The summed E-state index contributed by atoms with van der Waals surface area (Å²) in [5, 5.41) is 3.82. The molecule has 0 bridgehead atoms. The number of rotatable bonds is 5. The Hall–Kier alpha value is -2.56. The van der Waals surface area contributed by atoms with E-state index in [1.165, 1.54) is 0 Å². The van der Waals surface area contributed by atoms with Crippen molar-refractivity contribution in [1.82, 2.24) is 15.2 Å². The van der Waals surface area contributed by atoms with Gasteiger partial charge in [0.2, 0.25) is 11.7 Å². The first-order chi connectivity index (χ1) is 11.7. The topological polar surface area (TPSA) is 68.5 Å². The smallest absolute Gasteiger partial charge is 0.329 e. The molecule has 0 saturated carbocycles. The van der Waals surface area contributed by atoms with Crippen LogP contribution >= 0.6 is 0 Å². The van der Waals surface area contributed by atoms with Gasteiger partial charge in [-0.2, -0.15) is 18.2 Å². The summed E-state index contributed by atoms with van der Waals surface area (Å²) in [6, 6.07) is 1.49. The summed E-state index contributed by atoms with van der Waals surface area (Å²) < 4.78 is 69.6. The Morgan fingerprint density at radius 1 is 1.28 bits per heavy atom. The van der Waals surface area contributed by atoms with Crippen molar-refractivity contribution in [3.8, 4) is 11.4 Å². The van der Waals surface area contributed by atoms with Crippen molar-refractivity contribution in [2.24, 2.45) is 0 Å². The van der Waals surface area contributed by atoms with Crippen LogP contribution in [0.15, 0.2) is 16.7 Å². The van der Waals surface area contributed by atoms with Gasteiger partial charge in [0.05, 0.1) is 13.7 Å². The lowest BCUT2D eigenvalue weighted by molar-refractivity contribution is -0.179. The molecule has 1 heterocycles. The van der Waals surface area contributed by atoms with Gasteiger partial charge in [-0.05, 0) is 12.1 Å². The van der Waals surface area contributed by atoms with E-state index >= 15 is 0 Å². The van der Waals surface area contributed by atoms with Gasteiger partial charge in [0.1, 0.15) is 11.6 Å². The highest BCUT2D eigenvalue weighted by atomic mass is 19.4. The van der Waals surface area contributed by atoms with Gasteiger partial charge >= 0.3 is 12.1 Å². The van der Waals surface area contributed by atoms with E-state index in [0.717, 1.165) is 24.3 Å². The Morgan fingerprint density at radius 2 is 1.88 bits per heavy atom. The Bertz CT molecular complexity index is 752. The van der Waals surface area contributed by atoms with Gasteiger partial charge in [0.15, 0.2) is 0 Å². The van der Waals surface area contributed by atoms with E-state index in [1.54, 1.807) is 6.92 Å². The molecule has 1 amide bonds. The van der Waals surface area contributed by atoms with E-state index in [0.29, 0.717) is 0 Å². The number of aromatic nitrogens is 2. The fourth-order valence-corrected chi connectivity index (χ4v) is 1.91. The normalized spacial score (nSPS) is 11.6. The third kappa shape index (κ3) is 4.10. The minimum atomic E-state index is -4.87. The number of halogens is 5. The number of benzene rings is 1. The lowest BCUT2D eigenvalue weighted by atomic mass is 10.1. The molecule has 0 aliphatic heterocycles. The van der Waals surface area contributed by atoms with E-state index < -0.39 is 47.5 Å². The zero-order valence-corrected chi connectivity index (χ0v) is 13.0. The van der Waals surface area contributed by atoms with Crippen LogP contribution in [0.25, 0.3) is 11.4 Å². The highest BCUT2D eigenvalue weighted by Gasteiger charge is 2.38. The highest BCUT2D eigenvalue weighted by Crippen LogP contribution is 2.30. The zero-order chi connectivity index (χ0) is 18.8. The number of hydrogen-bond acceptors (Lipinski definition) is 5. The van der Waals surface area contributed by atoms with Gasteiger partial charge in [-0.25, -0.2) is 13.8 Å². The summed E-state index contributed by atoms with van der Waals surface area (Å²) >= 11 is 0. The van der Waals surface area contributed by atoms with E-state index in [4.69, 9.17) is 4.84 Å². The van der Waals surface area contributed by atoms with Crippen LogP contribution in [0, 0.1) is 11.6 Å². The third-order valence-electron chi connectivity index (χ3n) is 3.17. The first kappa shape index (κ1) is 18.8. The molecule has 0 N–H and O–H groups in total. The molecule has 0 unspecified atom stereocenters. The Morgan fingerprint density at radius 3 is 2.32 bits per heavy atom. The van der Waals surface area contributed by atoms with Crippen molar-refractivity contribution >= 4 is 5.91 Å². The molecule has 11 heteroatoms. The third-order valence-corrected chi connectivity index (χ3v) is 3.17. The van der Waals surface area contributed by atoms with Crippen molar-refractivity contribution in [3.05, 3.63) is 35.2 Å². The number of carbonyl (C=O) groups excluding carboxylic acids is 1. The molecule has 0 saturated heterocycles. The quantitative estimate of drug-likeness (QED) is 0.601. The van der Waals surface area contributed by atoms with Gasteiger partial charge in [0, 0.05) is 17.5 Å². The first-order valence-electron chi connectivity index (χ1n) is 6.91. The average molecular weight is 365 g/mol. The van der Waals surface area contributed by atoms with E-state index in [1.807, 2.05) is 0 Å². The lowest BCUT2D eigenvalue weighted by Crippen LogP contribution is -2.29. The minimum Gasteiger partial charge on any atom is -0.329 e. The van der Waals surface area contributed by atoms with Gasteiger partial charge in [-0.15, -0.1) is 0 Å². The Balaban J connectivity index is 2.34. The monoisotopic (exact) mass is 365 g/mol. The molecular weight excluding hydrogens is 353 g/mol. The molecule has 0 aliphatic carbocycles. The van der Waals surface area contributed by atoms with Gasteiger partial charge < -0.3 is 4.52 Å². The van der Waals surface area contributed by atoms with Crippen LogP contribution < -0.4 is 0 Å². The molecule has 0 atom stereocenters. The maximum atomic E-state index is 14.2. The largest absolute Gasteiger partial charge is 0.471 e. The van der Waals surface area contributed by atoms with Crippen molar-refractivity contribution in [3.63, 3.8) is 0 Å². The van der Waals surface area contributed by atoms with Crippen LogP contribution in [-0.2, 0) is 22.4 Å². The predicted octanol–water partition coefficient (Wildman–Crippen LogP) is 3.33. The fourth-order valence-electron chi connectivity index (χ4n) is 1.91. The summed E-state index contributed by atoms with van der Waals surface area (Å²) in [7, 11) is 1.16. The van der Waals surface area contributed by atoms with Crippen LogP contribution in [-0.4, -0.2) is 28.2 Å². The van der Waals surface area contributed by atoms with Crippen LogP contribution in [0.5, 0.6) is 0 Å². The maximum Gasteiger partial charge on any atom is 0.471 e. The van der Waals surface area contributed by atoms with Crippen LogP contribution in [0.3, 0.4) is 0 Å². The van der Waals surface area contributed by atoms with E-state index in [9.17, 15) is 26.7 Å². The molecule has 6 nitrogen and oxygen atoms in total. The second kappa shape index (κ2) is 7.13. The summed E-state index contributed by atoms with van der Waals surface area (Å²) in [5.74, 6) is -4.95. The highest BCUT2D eigenvalue weighted by molar-refractivity contribution is 5.74. The van der Waals surface area contributed by atoms with Gasteiger partial charge in [-0.1, -0.05) is 12.1 Å². The average Bonchev–Trinajstić information content (AvgIpc) is 3.04. The molecule has 0 fully saturated rings. The molecule has 2 rings (SSSR count). The molecule has 0 aliphatic rings. The second-order valence-electron chi connectivity index (χ2n) is 4.81. The molecule has 1 aromatic carbocycles. The number of amides is 1. The maximum absolute atomic E-state index is 14.2. The van der Waals surface area contributed by atoms with Crippen molar-refractivity contribution in [2.75, 3.05) is 7.11 Å². The Kier molecular flexibility index (Phi) is 5.36. The minimum absolute atomic E-state index is 0.0538. The van der Waals surface area contributed by atoms with E-state index in [2.05, 4.69) is 14.7 Å². The molecular formula is C14H12F5N3O3. The van der Waals surface area contributed by atoms with Crippen molar-refractivity contribution < 1.29 is 36.1 Å². The zero-order valence-electron chi connectivity index (χ0n) is 13.0. The molecule has 0 spiro atoms. The van der Waals surface area contributed by atoms with Crippen molar-refractivity contribution in [2.45, 2.75) is 26.1 Å². The SMILES string of the molecule is CCC(=O)N(Cc1c(F)cc(-c2noc(C(F)(F)F)n2)cc1F)OC. The lowest BCUT2D eigenvalue weighted by Gasteiger charge is -2.19. The number of hydroxylamine groups is 2. The number of alkyl halides is 3.